The summed E-state index contributed by atoms with van der Waals surface area (Å²) in [5.41, 5.74) is 2.60. The maximum Gasteiger partial charge on any atom is 0.337 e. The zero-order chi connectivity index (χ0) is 27.4. The van der Waals surface area contributed by atoms with Crippen molar-refractivity contribution in [2.24, 2.45) is 4.99 Å². The Labute approximate surface area is 247 Å². The van der Waals surface area contributed by atoms with Gasteiger partial charge in [-0.3, -0.25) is 9.69 Å². The topological polar surface area (TPSA) is 77.4 Å². The second kappa shape index (κ2) is 12.4. The molecule has 7 nitrogen and oxygen atoms in total. The van der Waals surface area contributed by atoms with Gasteiger partial charge in [-0.25, -0.2) is 9.79 Å². The molecule has 38 heavy (non-hydrogen) atoms. The van der Waals surface area contributed by atoms with E-state index in [-0.39, 0.29) is 12.5 Å². The van der Waals surface area contributed by atoms with Crippen LogP contribution in [0.1, 0.15) is 21.5 Å². The van der Waals surface area contributed by atoms with E-state index in [1.54, 1.807) is 56.6 Å². The summed E-state index contributed by atoms with van der Waals surface area (Å²) in [5, 5.41) is 1.59. The molecule has 0 N–H and O–H groups in total. The lowest BCUT2D eigenvalue weighted by Gasteiger charge is -2.14. The number of aliphatic imine (C=N–C) groups is 1. The molecule has 1 heterocycles. The zero-order valence-electron chi connectivity index (χ0n) is 20.5. The van der Waals surface area contributed by atoms with Crippen LogP contribution in [0.25, 0.3) is 6.08 Å². The smallest absolute Gasteiger partial charge is 0.337 e. The highest BCUT2D eigenvalue weighted by atomic mass is 127. The summed E-state index contributed by atoms with van der Waals surface area (Å²) in [6.45, 7) is 0.238. The molecule has 0 atom stereocenters. The summed E-state index contributed by atoms with van der Waals surface area (Å²) in [5.74, 6) is 0.498. The molecule has 0 aliphatic carbocycles. The van der Waals surface area contributed by atoms with Gasteiger partial charge in [-0.15, -0.1) is 0 Å². The first kappa shape index (κ1) is 28.3. The van der Waals surface area contributed by atoms with E-state index in [0.717, 1.165) is 14.7 Å². The standard InChI is InChI=1S/C27H21Cl2IN2O5S/c1-32-25(33)23(38-27(32)31-19-8-5-16(6-9-19)26(34)36-3)12-15-10-21(30)24(22(11-15)35-2)37-14-17-4-7-18(28)13-20(17)29/h4-13H,14H2,1-3H3/b23-12+,31-27?. The van der Waals surface area contributed by atoms with Gasteiger partial charge in [0.25, 0.3) is 5.91 Å². The Morgan fingerprint density at radius 2 is 1.84 bits per heavy atom. The molecule has 3 aromatic rings. The normalized spacial score (nSPS) is 15.3. The minimum absolute atomic E-state index is 0.174. The Kier molecular flexibility index (Phi) is 9.24. The first-order chi connectivity index (χ1) is 18.2. The van der Waals surface area contributed by atoms with E-state index >= 15 is 0 Å². The predicted octanol–water partition coefficient (Wildman–Crippen LogP) is 7.21. The highest BCUT2D eigenvalue weighted by Crippen LogP contribution is 2.38. The van der Waals surface area contributed by atoms with Gasteiger partial charge in [0.05, 0.1) is 33.9 Å². The molecule has 1 amide bonds. The van der Waals surface area contributed by atoms with Crippen LogP contribution >= 0.6 is 57.6 Å². The van der Waals surface area contributed by atoms with Crippen LogP contribution in [0.3, 0.4) is 0 Å². The molecular weight excluding hydrogens is 662 g/mol. The molecule has 1 saturated heterocycles. The second-order valence-corrected chi connectivity index (χ2v) is 11.0. The van der Waals surface area contributed by atoms with Gasteiger partial charge in [0.15, 0.2) is 16.7 Å². The van der Waals surface area contributed by atoms with Crippen molar-refractivity contribution in [1.29, 1.82) is 0 Å². The number of hydrogen-bond acceptors (Lipinski definition) is 7. The third-order valence-electron chi connectivity index (χ3n) is 5.45. The Morgan fingerprint density at radius 3 is 2.50 bits per heavy atom. The maximum absolute atomic E-state index is 12.9. The van der Waals surface area contributed by atoms with E-state index in [9.17, 15) is 9.59 Å². The third kappa shape index (κ3) is 6.45. The largest absolute Gasteiger partial charge is 0.493 e. The van der Waals surface area contributed by atoms with E-state index in [2.05, 4.69) is 27.6 Å². The molecule has 0 spiro atoms. The number of amidine groups is 1. The van der Waals surface area contributed by atoms with E-state index in [0.29, 0.717) is 42.9 Å². The number of hydrogen-bond donors (Lipinski definition) is 0. The Hall–Kier alpha value is -2.73. The molecule has 0 unspecified atom stereocenters. The number of esters is 1. The van der Waals surface area contributed by atoms with Gasteiger partial charge in [0, 0.05) is 22.7 Å². The number of carbonyl (C=O) groups excluding carboxylic acids is 2. The molecule has 1 aliphatic heterocycles. The summed E-state index contributed by atoms with van der Waals surface area (Å²) in [6.07, 6.45) is 1.79. The predicted molar refractivity (Wildman–Crippen MR) is 160 cm³/mol. The molecule has 1 fully saturated rings. The number of thioether (sulfide) groups is 1. The van der Waals surface area contributed by atoms with Crippen molar-refractivity contribution in [2.75, 3.05) is 21.3 Å². The molecule has 3 aromatic carbocycles. The molecular formula is C27H21Cl2IN2O5S. The number of carbonyl (C=O) groups is 2. The van der Waals surface area contributed by atoms with Crippen LogP contribution in [-0.2, 0) is 16.1 Å². The van der Waals surface area contributed by atoms with Crippen molar-refractivity contribution in [3.05, 3.63) is 89.8 Å². The molecule has 0 radical (unpaired) electrons. The van der Waals surface area contributed by atoms with Crippen LogP contribution in [0.2, 0.25) is 10.0 Å². The van der Waals surface area contributed by atoms with Gasteiger partial charge >= 0.3 is 5.97 Å². The SMILES string of the molecule is COC(=O)c1ccc(N=C2S/C(=C/c3cc(I)c(OCc4ccc(Cl)cc4Cl)c(OC)c3)C(=O)N2C)cc1. The fourth-order valence-electron chi connectivity index (χ4n) is 3.46. The van der Waals surface area contributed by atoms with Gasteiger partial charge in [-0.1, -0.05) is 29.3 Å². The van der Waals surface area contributed by atoms with Crippen LogP contribution in [0, 0.1) is 3.57 Å². The fraction of sp³-hybridized carbons (Fsp3) is 0.148. The number of methoxy groups -OCH3 is 2. The Bertz CT molecular complexity index is 1460. The first-order valence-electron chi connectivity index (χ1n) is 11.1. The van der Waals surface area contributed by atoms with Crippen molar-refractivity contribution in [2.45, 2.75) is 6.61 Å². The summed E-state index contributed by atoms with van der Waals surface area (Å²) in [7, 11) is 4.56. The number of nitrogens with zero attached hydrogens (tertiary/aromatic N) is 2. The zero-order valence-corrected chi connectivity index (χ0v) is 24.9. The lowest BCUT2D eigenvalue weighted by molar-refractivity contribution is -0.121. The second-order valence-electron chi connectivity index (χ2n) is 7.97. The molecule has 0 saturated carbocycles. The van der Waals surface area contributed by atoms with E-state index in [1.807, 2.05) is 18.2 Å². The van der Waals surface area contributed by atoms with Gasteiger partial charge in [0.1, 0.15) is 6.61 Å². The van der Waals surface area contributed by atoms with Crippen molar-refractivity contribution >= 4 is 86.4 Å². The van der Waals surface area contributed by atoms with E-state index < -0.39 is 5.97 Å². The van der Waals surface area contributed by atoms with Gasteiger partial charge in [-0.05, 0) is 94.5 Å². The molecule has 0 bridgehead atoms. The molecule has 4 rings (SSSR count). The summed E-state index contributed by atoms with van der Waals surface area (Å²) >= 11 is 15.7. The highest BCUT2D eigenvalue weighted by Gasteiger charge is 2.30. The summed E-state index contributed by atoms with van der Waals surface area (Å²) < 4.78 is 17.1. The van der Waals surface area contributed by atoms with Crippen molar-refractivity contribution in [1.82, 2.24) is 4.90 Å². The highest BCUT2D eigenvalue weighted by molar-refractivity contribution is 14.1. The quantitative estimate of drug-likeness (QED) is 0.149. The molecule has 1 aliphatic rings. The van der Waals surface area contributed by atoms with Crippen LogP contribution in [0.15, 0.2) is 64.5 Å². The van der Waals surface area contributed by atoms with Gasteiger partial charge < -0.3 is 14.2 Å². The molecule has 11 heteroatoms. The number of rotatable bonds is 7. The van der Waals surface area contributed by atoms with Crippen LogP contribution < -0.4 is 9.47 Å². The number of likely N-dealkylation sites (N-methyl/N-ethyl adjacent to an activating group) is 1. The summed E-state index contributed by atoms with van der Waals surface area (Å²) in [4.78, 5) is 31.1. The minimum atomic E-state index is -0.424. The third-order valence-corrected chi connectivity index (χ3v) is 7.90. The summed E-state index contributed by atoms with van der Waals surface area (Å²) in [6, 6.07) is 15.6. The number of halogens is 3. The van der Waals surface area contributed by atoms with E-state index in [4.69, 9.17) is 37.4 Å². The minimum Gasteiger partial charge on any atom is -0.493 e. The lowest BCUT2D eigenvalue weighted by Crippen LogP contribution is -2.23. The molecule has 196 valence electrons. The average Bonchev–Trinajstić information content (AvgIpc) is 3.16. The fourth-order valence-corrected chi connectivity index (χ4v) is 5.69. The maximum atomic E-state index is 12.9. The van der Waals surface area contributed by atoms with Gasteiger partial charge in [0.2, 0.25) is 0 Å². The van der Waals surface area contributed by atoms with Crippen molar-refractivity contribution in [3.8, 4) is 11.5 Å². The lowest BCUT2D eigenvalue weighted by atomic mass is 10.1. The Balaban J connectivity index is 1.54. The Morgan fingerprint density at radius 1 is 1.11 bits per heavy atom. The van der Waals surface area contributed by atoms with Crippen molar-refractivity contribution in [3.63, 3.8) is 0 Å². The van der Waals surface area contributed by atoms with Gasteiger partial charge in [-0.2, -0.15) is 0 Å². The molecule has 0 aromatic heterocycles. The van der Waals surface area contributed by atoms with Crippen molar-refractivity contribution < 1.29 is 23.8 Å². The van der Waals surface area contributed by atoms with Crippen LogP contribution in [0.4, 0.5) is 5.69 Å². The number of amides is 1. The van der Waals surface area contributed by atoms with Crippen LogP contribution in [-0.4, -0.2) is 43.2 Å². The number of benzene rings is 3. The average molecular weight is 683 g/mol. The van der Waals surface area contributed by atoms with Crippen LogP contribution in [0.5, 0.6) is 11.5 Å². The first-order valence-corrected chi connectivity index (χ1v) is 13.7. The van der Waals surface area contributed by atoms with E-state index in [1.165, 1.54) is 23.8 Å². The monoisotopic (exact) mass is 682 g/mol. The number of ether oxygens (including phenoxy) is 3.